The Balaban J connectivity index is 1.73. The fourth-order valence-corrected chi connectivity index (χ4v) is 3.57. The lowest BCUT2D eigenvalue weighted by Gasteiger charge is -2.17. The lowest BCUT2D eigenvalue weighted by atomic mass is 10.2. The standard InChI is InChI=1S/C14H17N3O3S/c15-21(19,20)12-6-8-17(9-12)14(18)10-16-7-5-11-3-1-2-4-13(11)16/h1-5,7,12H,6,8-10H2,(H2,15,19,20). The van der Waals surface area contributed by atoms with Gasteiger partial charge in [-0.1, -0.05) is 18.2 Å². The van der Waals surface area contributed by atoms with E-state index in [1.165, 1.54) is 0 Å². The normalized spacial score (nSPS) is 19.3. The highest BCUT2D eigenvalue weighted by Gasteiger charge is 2.33. The molecule has 2 aromatic rings. The minimum atomic E-state index is -3.57. The topological polar surface area (TPSA) is 85.4 Å². The predicted octanol–water partition coefficient (Wildman–Crippen LogP) is 0.531. The van der Waals surface area contributed by atoms with Gasteiger partial charge in [-0.15, -0.1) is 0 Å². The maximum atomic E-state index is 12.3. The van der Waals surface area contributed by atoms with Crippen molar-refractivity contribution in [3.8, 4) is 0 Å². The molecule has 0 spiro atoms. The minimum absolute atomic E-state index is 0.0810. The third kappa shape index (κ3) is 2.79. The monoisotopic (exact) mass is 307 g/mol. The van der Waals surface area contributed by atoms with E-state index in [2.05, 4.69) is 0 Å². The fraction of sp³-hybridized carbons (Fsp3) is 0.357. The maximum absolute atomic E-state index is 12.3. The van der Waals surface area contributed by atoms with Crippen LogP contribution >= 0.6 is 0 Å². The number of hydrogen-bond acceptors (Lipinski definition) is 3. The molecule has 1 amide bonds. The molecule has 0 radical (unpaired) electrons. The van der Waals surface area contributed by atoms with Crippen LogP contribution in [0.1, 0.15) is 6.42 Å². The second-order valence-corrected chi connectivity index (χ2v) is 7.19. The third-order valence-electron chi connectivity index (χ3n) is 3.95. The summed E-state index contributed by atoms with van der Waals surface area (Å²) in [5.41, 5.74) is 0.994. The first-order valence-electron chi connectivity index (χ1n) is 6.78. The molecule has 21 heavy (non-hydrogen) atoms. The molecule has 1 aliphatic rings. The molecule has 1 unspecified atom stereocenters. The number of nitrogens with two attached hydrogens (primary N) is 1. The fourth-order valence-electron chi connectivity index (χ4n) is 2.75. The number of nitrogens with zero attached hydrogens (tertiary/aromatic N) is 2. The number of likely N-dealkylation sites (tertiary alicyclic amines) is 1. The van der Waals surface area contributed by atoms with Crippen LogP contribution in [0, 0.1) is 0 Å². The summed E-state index contributed by atoms with van der Waals surface area (Å²) in [6.07, 6.45) is 2.28. The second kappa shape index (κ2) is 5.16. The molecule has 7 heteroatoms. The van der Waals surface area contributed by atoms with Gasteiger partial charge in [0.05, 0.1) is 5.25 Å². The van der Waals surface area contributed by atoms with Crippen LogP contribution in [0.5, 0.6) is 0 Å². The Labute approximate surface area is 123 Å². The van der Waals surface area contributed by atoms with Crippen LogP contribution in [0.4, 0.5) is 0 Å². The van der Waals surface area contributed by atoms with E-state index < -0.39 is 15.3 Å². The molecule has 0 aliphatic carbocycles. The Morgan fingerprint density at radius 2 is 2.05 bits per heavy atom. The lowest BCUT2D eigenvalue weighted by molar-refractivity contribution is -0.130. The number of fused-ring (bicyclic) bond motifs is 1. The lowest BCUT2D eigenvalue weighted by Crippen LogP contribution is -2.36. The van der Waals surface area contributed by atoms with Gasteiger partial charge < -0.3 is 9.47 Å². The first-order valence-corrected chi connectivity index (χ1v) is 8.39. The number of primary sulfonamides is 1. The summed E-state index contributed by atoms with van der Waals surface area (Å²) in [6.45, 7) is 0.848. The van der Waals surface area contributed by atoms with Crippen molar-refractivity contribution in [1.82, 2.24) is 9.47 Å². The van der Waals surface area contributed by atoms with Crippen molar-refractivity contribution < 1.29 is 13.2 Å². The van der Waals surface area contributed by atoms with Gasteiger partial charge in [-0.05, 0) is 23.9 Å². The van der Waals surface area contributed by atoms with E-state index >= 15 is 0 Å². The van der Waals surface area contributed by atoms with Gasteiger partial charge in [0.2, 0.25) is 15.9 Å². The summed E-state index contributed by atoms with van der Waals surface area (Å²) in [6, 6.07) is 9.78. The van der Waals surface area contributed by atoms with Crippen LogP contribution in [-0.4, -0.2) is 42.1 Å². The van der Waals surface area contributed by atoms with Crippen LogP contribution in [0.3, 0.4) is 0 Å². The largest absolute Gasteiger partial charge is 0.340 e. The summed E-state index contributed by atoms with van der Waals surface area (Å²) in [5, 5.41) is 5.58. The highest BCUT2D eigenvalue weighted by atomic mass is 32.2. The average Bonchev–Trinajstić information content (AvgIpc) is 3.05. The summed E-state index contributed by atoms with van der Waals surface area (Å²) < 4.78 is 24.5. The first kappa shape index (κ1) is 14.1. The molecule has 0 bridgehead atoms. The minimum Gasteiger partial charge on any atom is -0.340 e. The summed E-state index contributed by atoms with van der Waals surface area (Å²) in [4.78, 5) is 13.9. The average molecular weight is 307 g/mol. The van der Waals surface area contributed by atoms with E-state index in [1.807, 2.05) is 41.1 Å². The van der Waals surface area contributed by atoms with Crippen molar-refractivity contribution >= 4 is 26.8 Å². The molecule has 2 N–H and O–H groups in total. The molecule has 1 aliphatic heterocycles. The van der Waals surface area contributed by atoms with E-state index in [-0.39, 0.29) is 19.0 Å². The van der Waals surface area contributed by atoms with Crippen molar-refractivity contribution in [2.45, 2.75) is 18.2 Å². The highest BCUT2D eigenvalue weighted by Crippen LogP contribution is 2.18. The Bertz CT molecular complexity index is 782. The SMILES string of the molecule is NS(=O)(=O)C1CCN(C(=O)Cn2ccc3ccccc32)C1. The Morgan fingerprint density at radius 1 is 1.29 bits per heavy atom. The smallest absolute Gasteiger partial charge is 0.242 e. The van der Waals surface area contributed by atoms with Crippen LogP contribution in [-0.2, 0) is 21.4 Å². The number of para-hydroxylation sites is 1. The number of sulfonamides is 1. The number of aromatic nitrogens is 1. The molecule has 1 aromatic heterocycles. The highest BCUT2D eigenvalue weighted by molar-refractivity contribution is 7.89. The Kier molecular flexibility index (Phi) is 3.46. The van der Waals surface area contributed by atoms with Gasteiger partial charge in [-0.25, -0.2) is 13.6 Å². The van der Waals surface area contributed by atoms with E-state index in [0.29, 0.717) is 13.0 Å². The quantitative estimate of drug-likeness (QED) is 0.897. The molecule has 1 atom stereocenters. The number of benzene rings is 1. The Hall–Kier alpha value is -1.86. The zero-order chi connectivity index (χ0) is 15.0. The van der Waals surface area contributed by atoms with Crippen molar-refractivity contribution in [3.63, 3.8) is 0 Å². The van der Waals surface area contributed by atoms with E-state index in [1.54, 1.807) is 4.90 Å². The summed E-state index contributed by atoms with van der Waals surface area (Å²) >= 11 is 0. The van der Waals surface area contributed by atoms with Crippen LogP contribution in [0.25, 0.3) is 10.9 Å². The van der Waals surface area contributed by atoms with Crippen molar-refractivity contribution in [3.05, 3.63) is 36.5 Å². The van der Waals surface area contributed by atoms with Crippen LogP contribution in [0.2, 0.25) is 0 Å². The number of rotatable bonds is 3. The molecule has 1 saturated heterocycles. The van der Waals surface area contributed by atoms with Gasteiger partial charge in [-0.2, -0.15) is 0 Å². The zero-order valence-electron chi connectivity index (χ0n) is 11.5. The van der Waals surface area contributed by atoms with Gasteiger partial charge >= 0.3 is 0 Å². The number of hydrogen-bond donors (Lipinski definition) is 1. The predicted molar refractivity (Wildman–Crippen MR) is 80.0 cm³/mol. The van der Waals surface area contributed by atoms with Crippen molar-refractivity contribution in [2.75, 3.05) is 13.1 Å². The molecule has 6 nitrogen and oxygen atoms in total. The van der Waals surface area contributed by atoms with Gasteiger partial charge in [0.15, 0.2) is 0 Å². The first-order chi connectivity index (χ1) is 9.95. The van der Waals surface area contributed by atoms with Gasteiger partial charge in [0.1, 0.15) is 6.54 Å². The maximum Gasteiger partial charge on any atom is 0.242 e. The van der Waals surface area contributed by atoms with Crippen molar-refractivity contribution in [1.29, 1.82) is 0 Å². The molecule has 3 rings (SSSR count). The van der Waals surface area contributed by atoms with E-state index in [0.717, 1.165) is 10.9 Å². The second-order valence-electron chi connectivity index (χ2n) is 5.34. The Morgan fingerprint density at radius 3 is 2.76 bits per heavy atom. The third-order valence-corrected chi connectivity index (χ3v) is 5.26. The number of carbonyl (C=O) groups is 1. The summed E-state index contributed by atoms with van der Waals surface area (Å²) in [7, 11) is -3.57. The molecule has 1 aromatic carbocycles. The number of amides is 1. The van der Waals surface area contributed by atoms with Gasteiger partial charge in [0, 0.05) is 24.8 Å². The van der Waals surface area contributed by atoms with Crippen LogP contribution in [0.15, 0.2) is 36.5 Å². The molecular formula is C14H17N3O3S. The van der Waals surface area contributed by atoms with E-state index in [9.17, 15) is 13.2 Å². The summed E-state index contributed by atoms with van der Waals surface area (Å²) in [5.74, 6) is -0.0810. The van der Waals surface area contributed by atoms with Gasteiger partial charge in [-0.3, -0.25) is 4.79 Å². The van der Waals surface area contributed by atoms with Crippen LogP contribution < -0.4 is 5.14 Å². The molecule has 112 valence electrons. The number of carbonyl (C=O) groups excluding carboxylic acids is 1. The zero-order valence-corrected chi connectivity index (χ0v) is 12.3. The molecule has 2 heterocycles. The molecular weight excluding hydrogens is 290 g/mol. The van der Waals surface area contributed by atoms with E-state index in [4.69, 9.17) is 5.14 Å². The molecule has 1 fully saturated rings. The molecule has 0 saturated carbocycles. The van der Waals surface area contributed by atoms with Gasteiger partial charge in [0.25, 0.3) is 0 Å². The van der Waals surface area contributed by atoms with Crippen molar-refractivity contribution in [2.24, 2.45) is 5.14 Å².